The minimum Gasteiger partial charge on any atom is -0.482 e. The number of thiazole rings is 1. The van der Waals surface area contributed by atoms with Crippen LogP contribution in [-0.2, 0) is 4.79 Å². The van der Waals surface area contributed by atoms with Crippen LogP contribution in [-0.4, -0.2) is 17.5 Å². The van der Waals surface area contributed by atoms with Gasteiger partial charge in [0.1, 0.15) is 5.75 Å². The maximum absolute atomic E-state index is 12.1. The molecule has 1 amide bonds. The van der Waals surface area contributed by atoms with E-state index in [1.54, 1.807) is 6.07 Å². The Morgan fingerprint density at radius 2 is 2.12 bits per heavy atom. The number of benzene rings is 2. The van der Waals surface area contributed by atoms with Crippen molar-refractivity contribution in [3.63, 3.8) is 0 Å². The van der Waals surface area contributed by atoms with E-state index in [1.165, 1.54) is 11.3 Å². The quantitative estimate of drug-likeness (QED) is 0.678. The number of nitrogens with one attached hydrogen (secondary N) is 1. The van der Waals surface area contributed by atoms with Crippen LogP contribution >= 0.6 is 27.3 Å². The molecule has 5 nitrogen and oxygen atoms in total. The SMILES string of the molecule is Cc1cc(C)c(OCC(=O)Nc2ccc3nc(N)sc3c2)c(Br)c1. The van der Waals surface area contributed by atoms with Gasteiger partial charge in [-0.25, -0.2) is 4.98 Å². The molecule has 0 aliphatic heterocycles. The number of nitrogens with two attached hydrogens (primary N) is 1. The van der Waals surface area contributed by atoms with Crippen molar-refractivity contribution >= 4 is 54.2 Å². The van der Waals surface area contributed by atoms with E-state index in [0.29, 0.717) is 16.6 Å². The van der Waals surface area contributed by atoms with Crippen molar-refractivity contribution in [2.75, 3.05) is 17.7 Å². The highest BCUT2D eigenvalue weighted by Crippen LogP contribution is 2.30. The zero-order chi connectivity index (χ0) is 17.3. The summed E-state index contributed by atoms with van der Waals surface area (Å²) in [7, 11) is 0. The van der Waals surface area contributed by atoms with Gasteiger partial charge in [-0.1, -0.05) is 17.4 Å². The number of rotatable bonds is 4. The third kappa shape index (κ3) is 3.68. The Balaban J connectivity index is 1.67. The van der Waals surface area contributed by atoms with Crippen LogP contribution < -0.4 is 15.8 Å². The third-order valence-electron chi connectivity index (χ3n) is 3.41. The predicted octanol–water partition coefficient (Wildman–Crippen LogP) is 4.28. The number of amides is 1. The molecular formula is C17H16BrN3O2S. The van der Waals surface area contributed by atoms with Gasteiger partial charge in [-0.15, -0.1) is 0 Å². The topological polar surface area (TPSA) is 77.2 Å². The summed E-state index contributed by atoms with van der Waals surface area (Å²) in [4.78, 5) is 16.3. The normalized spacial score (nSPS) is 10.8. The van der Waals surface area contributed by atoms with E-state index in [-0.39, 0.29) is 12.5 Å². The molecule has 1 aromatic heterocycles. The Bertz CT molecular complexity index is 900. The third-order valence-corrected chi connectivity index (χ3v) is 4.85. The number of hydrogen-bond donors (Lipinski definition) is 2. The summed E-state index contributed by atoms with van der Waals surface area (Å²) in [5, 5.41) is 3.33. The first-order valence-electron chi connectivity index (χ1n) is 7.28. The summed E-state index contributed by atoms with van der Waals surface area (Å²) in [5.74, 6) is 0.458. The molecule has 3 rings (SSSR count). The Kier molecular flexibility index (Phi) is 4.73. The predicted molar refractivity (Wildman–Crippen MR) is 102 cm³/mol. The molecule has 0 atom stereocenters. The van der Waals surface area contributed by atoms with E-state index in [2.05, 4.69) is 26.2 Å². The van der Waals surface area contributed by atoms with Gasteiger partial charge in [-0.05, 0) is 65.2 Å². The molecule has 3 aromatic rings. The second-order valence-electron chi connectivity index (χ2n) is 5.46. The fourth-order valence-electron chi connectivity index (χ4n) is 2.44. The highest BCUT2D eigenvalue weighted by molar-refractivity contribution is 9.10. The first kappa shape index (κ1) is 16.7. The van der Waals surface area contributed by atoms with Crippen molar-refractivity contribution < 1.29 is 9.53 Å². The van der Waals surface area contributed by atoms with Crippen LogP contribution in [0.5, 0.6) is 5.75 Å². The van der Waals surface area contributed by atoms with Gasteiger partial charge >= 0.3 is 0 Å². The van der Waals surface area contributed by atoms with E-state index >= 15 is 0 Å². The molecule has 1 heterocycles. The van der Waals surface area contributed by atoms with Crippen LogP contribution in [0.1, 0.15) is 11.1 Å². The number of fused-ring (bicyclic) bond motifs is 1. The van der Waals surface area contributed by atoms with Crippen molar-refractivity contribution in [2.45, 2.75) is 13.8 Å². The number of hydrogen-bond acceptors (Lipinski definition) is 5. The van der Waals surface area contributed by atoms with Crippen molar-refractivity contribution in [2.24, 2.45) is 0 Å². The van der Waals surface area contributed by atoms with Crippen molar-refractivity contribution in [1.82, 2.24) is 4.98 Å². The lowest BCUT2D eigenvalue weighted by molar-refractivity contribution is -0.118. The number of nitrogens with zero attached hydrogens (tertiary/aromatic N) is 1. The lowest BCUT2D eigenvalue weighted by Crippen LogP contribution is -2.20. The smallest absolute Gasteiger partial charge is 0.262 e. The van der Waals surface area contributed by atoms with E-state index in [1.807, 2.05) is 38.1 Å². The van der Waals surface area contributed by atoms with Crippen LogP contribution in [0.3, 0.4) is 0 Å². The number of aromatic nitrogens is 1. The Morgan fingerprint density at radius 3 is 2.88 bits per heavy atom. The van der Waals surface area contributed by atoms with Crippen LogP contribution in [0.2, 0.25) is 0 Å². The Morgan fingerprint density at radius 1 is 1.33 bits per heavy atom. The molecule has 0 bridgehead atoms. The lowest BCUT2D eigenvalue weighted by Gasteiger charge is -2.12. The van der Waals surface area contributed by atoms with Crippen LogP contribution in [0.15, 0.2) is 34.8 Å². The van der Waals surface area contributed by atoms with Crippen molar-refractivity contribution in [3.8, 4) is 5.75 Å². The summed E-state index contributed by atoms with van der Waals surface area (Å²) in [6.07, 6.45) is 0. The van der Waals surface area contributed by atoms with Gasteiger partial charge in [0.15, 0.2) is 11.7 Å². The summed E-state index contributed by atoms with van der Waals surface area (Å²) >= 11 is 4.86. The molecule has 0 aliphatic rings. The summed E-state index contributed by atoms with van der Waals surface area (Å²) < 4.78 is 7.44. The highest BCUT2D eigenvalue weighted by Gasteiger charge is 2.10. The largest absolute Gasteiger partial charge is 0.482 e. The first-order valence-corrected chi connectivity index (χ1v) is 8.89. The highest BCUT2D eigenvalue weighted by atomic mass is 79.9. The molecule has 0 spiro atoms. The molecular weight excluding hydrogens is 390 g/mol. The molecule has 124 valence electrons. The first-order chi connectivity index (χ1) is 11.4. The fraction of sp³-hybridized carbons (Fsp3) is 0.176. The van der Waals surface area contributed by atoms with Crippen molar-refractivity contribution in [3.05, 3.63) is 45.9 Å². The van der Waals surface area contributed by atoms with E-state index in [0.717, 1.165) is 25.8 Å². The maximum atomic E-state index is 12.1. The lowest BCUT2D eigenvalue weighted by atomic mass is 10.1. The van der Waals surface area contributed by atoms with Gasteiger partial charge in [0.05, 0.1) is 14.7 Å². The van der Waals surface area contributed by atoms with Crippen LogP contribution in [0.4, 0.5) is 10.8 Å². The molecule has 24 heavy (non-hydrogen) atoms. The van der Waals surface area contributed by atoms with Crippen LogP contribution in [0.25, 0.3) is 10.2 Å². The Hall–Kier alpha value is -2.12. The zero-order valence-corrected chi connectivity index (χ0v) is 15.6. The van der Waals surface area contributed by atoms with E-state index in [9.17, 15) is 4.79 Å². The second-order valence-corrected chi connectivity index (χ2v) is 7.38. The van der Waals surface area contributed by atoms with Gasteiger partial charge in [-0.3, -0.25) is 4.79 Å². The number of aryl methyl sites for hydroxylation is 2. The second kappa shape index (κ2) is 6.78. The summed E-state index contributed by atoms with van der Waals surface area (Å²) in [6.45, 7) is 3.90. The molecule has 2 aromatic carbocycles. The van der Waals surface area contributed by atoms with E-state index < -0.39 is 0 Å². The summed E-state index contributed by atoms with van der Waals surface area (Å²) in [5.41, 5.74) is 9.32. The number of halogens is 1. The van der Waals surface area contributed by atoms with Crippen LogP contribution in [0, 0.1) is 13.8 Å². The van der Waals surface area contributed by atoms with E-state index in [4.69, 9.17) is 10.5 Å². The average Bonchev–Trinajstić information content (AvgIpc) is 2.85. The Labute approximate surface area is 152 Å². The number of nitrogen functional groups attached to an aromatic ring is 1. The fourth-order valence-corrected chi connectivity index (χ4v) is 4.00. The molecule has 0 aliphatic carbocycles. The van der Waals surface area contributed by atoms with Gasteiger partial charge < -0.3 is 15.8 Å². The number of ether oxygens (including phenoxy) is 1. The molecule has 0 fully saturated rings. The number of carbonyl (C=O) groups is 1. The minimum atomic E-state index is -0.223. The summed E-state index contributed by atoms with van der Waals surface area (Å²) in [6, 6.07) is 9.46. The van der Waals surface area contributed by atoms with Gasteiger partial charge in [0.25, 0.3) is 5.91 Å². The maximum Gasteiger partial charge on any atom is 0.262 e. The van der Waals surface area contributed by atoms with Gasteiger partial charge in [0.2, 0.25) is 0 Å². The monoisotopic (exact) mass is 405 g/mol. The standard InChI is InChI=1S/C17H16BrN3O2S/c1-9-5-10(2)16(12(18)6-9)23-8-15(22)20-11-3-4-13-14(7-11)24-17(19)21-13/h3-7H,8H2,1-2H3,(H2,19,21)(H,20,22). The molecule has 0 saturated heterocycles. The van der Waals surface area contributed by atoms with Gasteiger partial charge in [0, 0.05) is 5.69 Å². The number of anilines is 2. The molecule has 0 radical (unpaired) electrons. The zero-order valence-electron chi connectivity index (χ0n) is 13.2. The van der Waals surface area contributed by atoms with Gasteiger partial charge in [-0.2, -0.15) is 0 Å². The number of carbonyl (C=O) groups excluding carboxylic acids is 1. The molecule has 0 unspecified atom stereocenters. The molecule has 0 saturated carbocycles. The molecule has 3 N–H and O–H groups in total. The average molecular weight is 406 g/mol. The minimum absolute atomic E-state index is 0.0641. The van der Waals surface area contributed by atoms with Crippen molar-refractivity contribution in [1.29, 1.82) is 0 Å². The molecule has 7 heteroatoms.